The first kappa shape index (κ1) is 32.0. The first-order valence-corrected chi connectivity index (χ1v) is 14.2. The molecule has 0 unspecified atom stereocenters. The average molecular weight is 616 g/mol. The van der Waals surface area contributed by atoms with Crippen LogP contribution >= 0.6 is 11.6 Å². The molecule has 0 radical (unpaired) electrons. The molecule has 0 aliphatic carbocycles. The molecule has 222 valence electrons. The molecule has 0 saturated heterocycles. The largest absolute Gasteiger partial charge is 0.493 e. The number of amides is 3. The smallest absolute Gasteiger partial charge is 0.407 e. The summed E-state index contributed by atoms with van der Waals surface area (Å²) in [6, 6.07) is 10.5. The van der Waals surface area contributed by atoms with Crippen LogP contribution in [-0.2, 0) is 15.0 Å². The molecule has 0 spiro atoms. The molecule has 0 fully saturated rings. The number of carbonyl (C=O) groups is 3. The number of pyridine rings is 2. The highest BCUT2D eigenvalue weighted by atomic mass is 35.5. The summed E-state index contributed by atoms with van der Waals surface area (Å²) < 4.78 is 34.1. The van der Waals surface area contributed by atoms with Gasteiger partial charge in [-0.05, 0) is 76.1 Å². The van der Waals surface area contributed by atoms with Gasteiger partial charge in [-0.2, -0.15) is 8.42 Å². The summed E-state index contributed by atoms with van der Waals surface area (Å²) in [5, 5.41) is 8.27. The van der Waals surface area contributed by atoms with E-state index >= 15 is 0 Å². The molecule has 2 heterocycles. The van der Waals surface area contributed by atoms with Crippen LogP contribution in [0.4, 0.5) is 16.3 Å². The second kappa shape index (κ2) is 14.4. The number of aromatic nitrogens is 2. The second-order valence-corrected chi connectivity index (χ2v) is 11.3. The van der Waals surface area contributed by atoms with Crippen LogP contribution in [-0.4, -0.2) is 59.9 Å². The van der Waals surface area contributed by atoms with E-state index in [-0.39, 0.29) is 46.5 Å². The van der Waals surface area contributed by atoms with Gasteiger partial charge >= 0.3 is 6.09 Å². The van der Waals surface area contributed by atoms with Crippen LogP contribution in [0, 0.1) is 0 Å². The highest BCUT2D eigenvalue weighted by molar-refractivity contribution is 7.73. The standard InChI is InChI=1S/C28H30ClN5O7S/c1-17(42(38)39)18-8-10-20(22(15-18)40-14-6-13-31-27(37)41-28(2,3)4)25(35)33-21-7-5-12-30-24(21)26(36)34-23-11-9-19(29)16-32-23/h5,7-12,15-16H,6,13-14H2,1-4H3,(H,31,37)(H,33,35)(H,32,34,36). The number of hydrogen-bond donors (Lipinski definition) is 3. The van der Waals surface area contributed by atoms with Crippen molar-refractivity contribution in [1.82, 2.24) is 15.3 Å². The fourth-order valence-electron chi connectivity index (χ4n) is 3.41. The molecule has 1 aromatic carbocycles. The van der Waals surface area contributed by atoms with Crippen LogP contribution in [0.15, 0.2) is 54.9 Å². The topological polar surface area (TPSA) is 166 Å². The van der Waals surface area contributed by atoms with Crippen molar-refractivity contribution in [2.45, 2.75) is 39.7 Å². The summed E-state index contributed by atoms with van der Waals surface area (Å²) in [4.78, 5) is 46.3. The van der Waals surface area contributed by atoms with Crippen molar-refractivity contribution in [2.75, 3.05) is 23.8 Å². The van der Waals surface area contributed by atoms with E-state index in [0.717, 1.165) is 0 Å². The van der Waals surface area contributed by atoms with E-state index in [1.807, 2.05) is 0 Å². The molecule has 42 heavy (non-hydrogen) atoms. The summed E-state index contributed by atoms with van der Waals surface area (Å²) in [6.45, 7) is 7.00. The average Bonchev–Trinajstić information content (AvgIpc) is 2.92. The van der Waals surface area contributed by atoms with Crippen molar-refractivity contribution < 1.29 is 32.3 Å². The Morgan fingerprint density at radius 1 is 1.00 bits per heavy atom. The van der Waals surface area contributed by atoms with Gasteiger partial charge < -0.3 is 25.4 Å². The van der Waals surface area contributed by atoms with Gasteiger partial charge in [-0.25, -0.2) is 14.8 Å². The molecule has 0 aliphatic rings. The van der Waals surface area contributed by atoms with Crippen LogP contribution in [0.25, 0.3) is 0 Å². The molecule has 12 nitrogen and oxygen atoms in total. The molecule has 0 bridgehead atoms. The van der Waals surface area contributed by atoms with Crippen LogP contribution < -0.4 is 20.7 Å². The Morgan fingerprint density at radius 2 is 1.76 bits per heavy atom. The third kappa shape index (κ3) is 9.56. The van der Waals surface area contributed by atoms with Gasteiger partial charge in [0.1, 0.15) is 17.2 Å². The Labute approximate surface area is 249 Å². The SMILES string of the molecule is CC(c1ccc(C(=O)Nc2cccnc2C(=O)Nc2ccc(Cl)cn2)c(OCCCNC(=O)OC(C)(C)C)c1)=S(=O)=O. The van der Waals surface area contributed by atoms with Crippen molar-refractivity contribution in [1.29, 1.82) is 0 Å². The molecule has 0 aliphatic heterocycles. The van der Waals surface area contributed by atoms with Crippen molar-refractivity contribution >= 4 is 56.2 Å². The Kier molecular flexibility index (Phi) is 11.0. The van der Waals surface area contributed by atoms with E-state index < -0.39 is 33.8 Å². The fraction of sp³-hybridized carbons (Fsp3) is 0.286. The van der Waals surface area contributed by atoms with E-state index in [2.05, 4.69) is 25.9 Å². The Balaban J connectivity index is 1.77. The number of nitrogens with zero attached hydrogens (tertiary/aromatic N) is 2. The van der Waals surface area contributed by atoms with Crippen LogP contribution in [0.3, 0.4) is 0 Å². The number of rotatable bonds is 10. The van der Waals surface area contributed by atoms with Crippen molar-refractivity contribution in [3.63, 3.8) is 0 Å². The number of anilines is 2. The van der Waals surface area contributed by atoms with Crippen molar-refractivity contribution in [2.24, 2.45) is 0 Å². The molecule has 3 N–H and O–H groups in total. The predicted molar refractivity (Wildman–Crippen MR) is 159 cm³/mol. The van der Waals surface area contributed by atoms with Gasteiger partial charge in [0.25, 0.3) is 11.8 Å². The Morgan fingerprint density at radius 3 is 2.43 bits per heavy atom. The van der Waals surface area contributed by atoms with Gasteiger partial charge in [0.05, 0.1) is 27.7 Å². The molecular weight excluding hydrogens is 586 g/mol. The lowest BCUT2D eigenvalue weighted by atomic mass is 10.1. The van der Waals surface area contributed by atoms with Crippen LogP contribution in [0.5, 0.6) is 5.75 Å². The summed E-state index contributed by atoms with van der Waals surface area (Å²) in [7, 11) is -2.48. The predicted octanol–water partition coefficient (Wildman–Crippen LogP) is 4.35. The maximum Gasteiger partial charge on any atom is 0.407 e. The molecule has 3 aromatic rings. The summed E-state index contributed by atoms with van der Waals surface area (Å²) in [5.74, 6) is -0.904. The lowest BCUT2D eigenvalue weighted by molar-refractivity contribution is 0.0525. The van der Waals surface area contributed by atoms with Crippen LogP contribution in [0.1, 0.15) is 60.5 Å². The summed E-state index contributed by atoms with van der Waals surface area (Å²) in [5.41, 5.74) is -0.174. The minimum absolute atomic E-state index is 0.0560. The van der Waals surface area contributed by atoms with E-state index in [9.17, 15) is 22.8 Å². The minimum Gasteiger partial charge on any atom is -0.493 e. The molecular formula is C28H30ClN5O7S. The summed E-state index contributed by atoms with van der Waals surface area (Å²) >= 11 is 5.84. The highest BCUT2D eigenvalue weighted by Gasteiger charge is 2.20. The molecule has 14 heteroatoms. The number of alkyl carbamates (subject to hydrolysis) is 1. The third-order valence-electron chi connectivity index (χ3n) is 5.37. The number of benzene rings is 1. The number of carbonyl (C=O) groups excluding carboxylic acids is 3. The lowest BCUT2D eigenvalue weighted by Crippen LogP contribution is -2.33. The zero-order valence-electron chi connectivity index (χ0n) is 23.4. The zero-order valence-corrected chi connectivity index (χ0v) is 24.9. The van der Waals surface area contributed by atoms with Gasteiger partial charge in [0.15, 0.2) is 5.69 Å². The normalized spacial score (nSPS) is 10.8. The summed E-state index contributed by atoms with van der Waals surface area (Å²) in [6.07, 6.45) is 2.57. The fourth-order valence-corrected chi connectivity index (χ4v) is 3.84. The highest BCUT2D eigenvalue weighted by Crippen LogP contribution is 2.24. The van der Waals surface area contributed by atoms with E-state index in [1.54, 1.807) is 32.9 Å². The van der Waals surface area contributed by atoms with E-state index in [0.29, 0.717) is 17.0 Å². The zero-order chi connectivity index (χ0) is 30.9. The van der Waals surface area contributed by atoms with Gasteiger partial charge in [-0.15, -0.1) is 0 Å². The van der Waals surface area contributed by atoms with Crippen LogP contribution in [0.2, 0.25) is 5.02 Å². The number of hydrogen-bond acceptors (Lipinski definition) is 9. The Hall–Kier alpha value is -4.49. The van der Waals surface area contributed by atoms with Gasteiger partial charge in [0, 0.05) is 18.9 Å². The van der Waals surface area contributed by atoms with Crippen molar-refractivity contribution in [3.05, 3.63) is 76.7 Å². The number of ether oxygens (including phenoxy) is 2. The molecule has 3 amide bonds. The number of nitrogens with one attached hydrogen (secondary N) is 3. The van der Waals surface area contributed by atoms with Crippen molar-refractivity contribution in [3.8, 4) is 5.75 Å². The maximum absolute atomic E-state index is 13.4. The van der Waals surface area contributed by atoms with Gasteiger partial charge in [-0.1, -0.05) is 17.7 Å². The van der Waals surface area contributed by atoms with Gasteiger partial charge in [0.2, 0.25) is 10.3 Å². The second-order valence-electron chi connectivity index (χ2n) is 9.80. The maximum atomic E-state index is 13.4. The van der Waals surface area contributed by atoms with E-state index in [4.69, 9.17) is 21.1 Å². The first-order chi connectivity index (χ1) is 19.8. The molecule has 3 rings (SSSR count). The third-order valence-corrected chi connectivity index (χ3v) is 6.33. The van der Waals surface area contributed by atoms with E-state index in [1.165, 1.54) is 49.6 Å². The molecule has 0 saturated carbocycles. The minimum atomic E-state index is -2.48. The quantitative estimate of drug-likeness (QED) is 0.171. The monoisotopic (exact) mass is 615 g/mol. The van der Waals surface area contributed by atoms with Gasteiger partial charge in [-0.3, -0.25) is 9.59 Å². The molecule has 0 atom stereocenters. The number of halogens is 1. The first-order valence-electron chi connectivity index (χ1n) is 12.7. The molecule has 2 aromatic heterocycles. The Bertz CT molecular complexity index is 1600. The lowest BCUT2D eigenvalue weighted by Gasteiger charge is -2.19.